The van der Waals surface area contributed by atoms with Crippen molar-refractivity contribution < 1.29 is 26.7 Å². The van der Waals surface area contributed by atoms with E-state index >= 15 is 0 Å². The largest absolute Gasteiger partial charge is 0.436 e. The fourth-order valence-corrected chi connectivity index (χ4v) is 4.81. The summed E-state index contributed by atoms with van der Waals surface area (Å²) in [4.78, 5) is 3.82. The van der Waals surface area contributed by atoms with Gasteiger partial charge in [-0.1, -0.05) is 48.5 Å². The molecule has 29 heavy (non-hydrogen) atoms. The zero-order chi connectivity index (χ0) is 20.9. The molecule has 2 aromatic carbocycles. The maximum Gasteiger partial charge on any atom is 0.436 e. The van der Waals surface area contributed by atoms with E-state index in [1.165, 1.54) is 24.3 Å². The molecular weight excluding hydrogens is 409 g/mol. The Balaban J connectivity index is 1.88. The molecule has 1 aliphatic rings. The number of hydrogen-bond acceptors (Lipinski definition) is 6. The number of fused-ring (bicyclic) bond motifs is 1. The minimum absolute atomic E-state index is 0.0350. The minimum atomic E-state index is -5.14. The third-order valence-electron chi connectivity index (χ3n) is 4.62. The molecule has 0 unspecified atom stereocenters. The van der Waals surface area contributed by atoms with Gasteiger partial charge in [0.25, 0.3) is 0 Å². The minimum Gasteiger partial charge on any atom is -0.363 e. The van der Waals surface area contributed by atoms with Crippen LogP contribution in [-0.4, -0.2) is 40.2 Å². The van der Waals surface area contributed by atoms with Gasteiger partial charge >= 0.3 is 6.18 Å². The van der Waals surface area contributed by atoms with Crippen LogP contribution in [0.15, 0.2) is 65.6 Å². The molecule has 2 atom stereocenters. The van der Waals surface area contributed by atoms with Crippen LogP contribution in [0.3, 0.4) is 0 Å². The number of halogens is 3. The summed E-state index contributed by atoms with van der Waals surface area (Å²) in [5, 5.41) is 14.5. The van der Waals surface area contributed by atoms with Gasteiger partial charge in [-0.15, -0.1) is 5.10 Å². The van der Waals surface area contributed by atoms with Crippen LogP contribution < -0.4 is 5.32 Å². The molecule has 4 rings (SSSR count). The highest BCUT2D eigenvalue weighted by atomic mass is 32.2. The van der Waals surface area contributed by atoms with Crippen molar-refractivity contribution in [2.24, 2.45) is 0 Å². The van der Waals surface area contributed by atoms with E-state index in [9.17, 15) is 26.7 Å². The van der Waals surface area contributed by atoms with Gasteiger partial charge in [-0.2, -0.15) is 18.2 Å². The fourth-order valence-electron chi connectivity index (χ4n) is 3.09. The van der Waals surface area contributed by atoms with E-state index in [0.29, 0.717) is 5.56 Å². The Bertz CT molecular complexity index is 1130. The summed E-state index contributed by atoms with van der Waals surface area (Å²) in [7, 11) is -4.32. The van der Waals surface area contributed by atoms with E-state index in [1.807, 2.05) is 5.32 Å². The fraction of sp³-hybridized carbons (Fsp3) is 0.222. The Morgan fingerprint density at radius 1 is 1.07 bits per heavy atom. The van der Waals surface area contributed by atoms with Gasteiger partial charge in [0.05, 0.1) is 4.90 Å². The first-order valence-electron chi connectivity index (χ1n) is 8.50. The SMILES string of the molecule is O=S(=O)(c1ccccc1)[C@@H]1C[C@@](O)(C(F)(F)F)Nc2nc(-c3ccccc3)nn21. The van der Waals surface area contributed by atoms with E-state index in [2.05, 4.69) is 10.1 Å². The van der Waals surface area contributed by atoms with Crippen LogP contribution in [0.5, 0.6) is 0 Å². The normalized spacial score (nSPS) is 22.0. The lowest BCUT2D eigenvalue weighted by molar-refractivity contribution is -0.254. The number of benzene rings is 2. The monoisotopic (exact) mass is 424 g/mol. The van der Waals surface area contributed by atoms with Gasteiger partial charge in [0.2, 0.25) is 21.5 Å². The molecule has 11 heteroatoms. The van der Waals surface area contributed by atoms with Gasteiger partial charge in [0.15, 0.2) is 11.2 Å². The maximum atomic E-state index is 13.5. The van der Waals surface area contributed by atoms with Gasteiger partial charge in [-0.3, -0.25) is 0 Å². The van der Waals surface area contributed by atoms with Crippen LogP contribution in [0.4, 0.5) is 19.1 Å². The highest BCUT2D eigenvalue weighted by Crippen LogP contribution is 2.44. The quantitative estimate of drug-likeness (QED) is 0.671. The molecule has 0 saturated carbocycles. The summed E-state index contributed by atoms with van der Waals surface area (Å²) >= 11 is 0. The predicted octanol–water partition coefficient (Wildman–Crippen LogP) is 2.98. The molecule has 0 aliphatic carbocycles. The molecule has 152 valence electrons. The topological polar surface area (TPSA) is 97.1 Å². The van der Waals surface area contributed by atoms with Crippen LogP contribution in [0.25, 0.3) is 11.4 Å². The molecule has 0 radical (unpaired) electrons. The molecule has 0 saturated heterocycles. The number of nitrogens with zero attached hydrogens (tertiary/aromatic N) is 3. The molecule has 0 bridgehead atoms. The molecule has 0 spiro atoms. The molecular formula is C18H15F3N4O3S. The second-order valence-electron chi connectivity index (χ2n) is 6.57. The summed E-state index contributed by atoms with van der Waals surface area (Å²) in [5.74, 6) is -0.452. The van der Waals surface area contributed by atoms with E-state index in [4.69, 9.17) is 0 Å². The van der Waals surface area contributed by atoms with Crippen LogP contribution in [-0.2, 0) is 9.84 Å². The third-order valence-corrected chi connectivity index (χ3v) is 6.64. The number of alkyl halides is 3. The highest BCUT2D eigenvalue weighted by molar-refractivity contribution is 7.91. The zero-order valence-corrected chi connectivity index (χ0v) is 15.5. The van der Waals surface area contributed by atoms with E-state index in [0.717, 1.165) is 4.68 Å². The summed E-state index contributed by atoms with van der Waals surface area (Å²) in [5.41, 5.74) is -2.99. The lowest BCUT2D eigenvalue weighted by Crippen LogP contribution is -2.57. The van der Waals surface area contributed by atoms with E-state index in [-0.39, 0.29) is 10.7 Å². The van der Waals surface area contributed by atoms with Crippen molar-refractivity contribution in [1.82, 2.24) is 14.8 Å². The predicted molar refractivity (Wildman–Crippen MR) is 97.4 cm³/mol. The van der Waals surface area contributed by atoms with Crippen LogP contribution in [0, 0.1) is 0 Å². The number of nitrogens with one attached hydrogen (secondary N) is 1. The van der Waals surface area contributed by atoms with Crippen LogP contribution in [0.2, 0.25) is 0 Å². The van der Waals surface area contributed by atoms with Crippen molar-refractivity contribution in [2.75, 3.05) is 5.32 Å². The summed E-state index contributed by atoms with van der Waals surface area (Å²) in [6, 6.07) is 15.4. The summed E-state index contributed by atoms with van der Waals surface area (Å²) < 4.78 is 67.8. The average molecular weight is 424 g/mol. The van der Waals surface area contributed by atoms with Crippen LogP contribution >= 0.6 is 0 Å². The lowest BCUT2D eigenvalue weighted by atomic mass is 10.1. The van der Waals surface area contributed by atoms with Gasteiger partial charge in [-0.05, 0) is 12.1 Å². The van der Waals surface area contributed by atoms with Gasteiger partial charge in [-0.25, -0.2) is 13.1 Å². The molecule has 2 N–H and O–H groups in total. The van der Waals surface area contributed by atoms with Crippen molar-refractivity contribution in [3.63, 3.8) is 0 Å². The Hall–Kier alpha value is -2.92. The van der Waals surface area contributed by atoms with Crippen LogP contribution in [0.1, 0.15) is 11.8 Å². The van der Waals surface area contributed by atoms with Crippen molar-refractivity contribution in [1.29, 1.82) is 0 Å². The van der Waals surface area contributed by atoms with Crippen molar-refractivity contribution in [2.45, 2.75) is 28.6 Å². The molecule has 0 amide bonds. The van der Waals surface area contributed by atoms with Crippen molar-refractivity contribution in [3.8, 4) is 11.4 Å². The van der Waals surface area contributed by atoms with Gasteiger partial charge in [0, 0.05) is 12.0 Å². The van der Waals surface area contributed by atoms with Gasteiger partial charge < -0.3 is 10.4 Å². The number of sulfone groups is 1. The Morgan fingerprint density at radius 3 is 2.24 bits per heavy atom. The zero-order valence-electron chi connectivity index (χ0n) is 14.7. The first-order valence-corrected chi connectivity index (χ1v) is 10.0. The summed E-state index contributed by atoms with van der Waals surface area (Å²) in [6.07, 6.45) is -6.32. The Labute approximate surface area is 163 Å². The number of aromatic nitrogens is 3. The Kier molecular flexibility index (Phi) is 4.39. The number of rotatable bonds is 3. The second-order valence-corrected chi connectivity index (χ2v) is 8.68. The van der Waals surface area contributed by atoms with Gasteiger partial charge in [0.1, 0.15) is 0 Å². The molecule has 3 aromatic rings. The maximum absolute atomic E-state index is 13.5. The number of hydrogen-bond donors (Lipinski definition) is 2. The van der Waals surface area contributed by atoms with Crippen molar-refractivity contribution in [3.05, 3.63) is 60.7 Å². The molecule has 7 nitrogen and oxygen atoms in total. The van der Waals surface area contributed by atoms with E-state index < -0.39 is 39.5 Å². The Morgan fingerprint density at radius 2 is 1.66 bits per heavy atom. The standard InChI is InChI=1S/C18H15F3N4O3S/c19-18(20,21)17(26)11-14(29(27,28)13-9-5-2-6-10-13)25-16(23-17)22-15(24-25)12-7-3-1-4-8-12/h1-10,14,26H,11H2,(H,22,23,24)/t14-,17-/m1/s1. The third kappa shape index (κ3) is 3.25. The molecule has 1 aliphatic heterocycles. The first-order chi connectivity index (χ1) is 13.6. The number of anilines is 1. The highest BCUT2D eigenvalue weighted by Gasteiger charge is 2.60. The number of aliphatic hydroxyl groups is 1. The summed E-state index contributed by atoms with van der Waals surface area (Å²) in [6.45, 7) is 0. The molecule has 2 heterocycles. The van der Waals surface area contributed by atoms with Crippen molar-refractivity contribution >= 4 is 15.8 Å². The average Bonchev–Trinajstić information content (AvgIpc) is 3.11. The lowest BCUT2D eigenvalue weighted by Gasteiger charge is -2.38. The second kappa shape index (κ2) is 6.56. The molecule has 0 fully saturated rings. The smallest absolute Gasteiger partial charge is 0.363 e. The van der Waals surface area contributed by atoms with E-state index in [1.54, 1.807) is 36.4 Å². The first kappa shape index (κ1) is 19.4. The molecule has 1 aromatic heterocycles.